The van der Waals surface area contributed by atoms with E-state index in [4.69, 9.17) is 23.7 Å². The van der Waals surface area contributed by atoms with Crippen LogP contribution in [0.15, 0.2) is 0 Å². The van der Waals surface area contributed by atoms with Gasteiger partial charge in [0.2, 0.25) is 0 Å². The number of esters is 4. The Morgan fingerprint density at radius 2 is 0.844 bits per heavy atom. The molecule has 0 spiro atoms. The Morgan fingerprint density at radius 1 is 0.500 bits per heavy atom. The molecule has 0 saturated carbocycles. The average Bonchev–Trinajstić information content (AvgIpc) is 2.75. The van der Waals surface area contributed by atoms with E-state index in [0.29, 0.717) is 32.1 Å². The fourth-order valence-electron chi connectivity index (χ4n) is 2.56. The summed E-state index contributed by atoms with van der Waals surface area (Å²) in [5.74, 6) is -1.50. The minimum Gasteiger partial charge on any atom is -0.465 e. The molecule has 0 rings (SSSR count). The summed E-state index contributed by atoms with van der Waals surface area (Å²) in [4.78, 5) is 47.3. The van der Waals surface area contributed by atoms with Gasteiger partial charge in [0.1, 0.15) is 26.4 Å². The molecule has 32 heavy (non-hydrogen) atoms. The van der Waals surface area contributed by atoms with Gasteiger partial charge >= 0.3 is 23.9 Å². The van der Waals surface area contributed by atoms with Crippen LogP contribution in [0, 0.1) is 5.41 Å². The average molecular weight is 461 g/mol. The molecule has 0 aromatic carbocycles. The van der Waals surface area contributed by atoms with E-state index in [1.807, 2.05) is 27.7 Å². The lowest BCUT2D eigenvalue weighted by molar-refractivity contribution is -0.169. The van der Waals surface area contributed by atoms with E-state index in [9.17, 15) is 19.2 Å². The summed E-state index contributed by atoms with van der Waals surface area (Å²) in [6.45, 7) is 7.19. The molecule has 0 aliphatic heterocycles. The van der Waals surface area contributed by atoms with Crippen molar-refractivity contribution in [3.05, 3.63) is 0 Å². The highest BCUT2D eigenvalue weighted by Gasteiger charge is 2.36. The number of hydrogen-bond acceptors (Lipinski definition) is 9. The Kier molecular flexibility index (Phi) is 17.2. The third kappa shape index (κ3) is 14.8. The first-order valence-electron chi connectivity index (χ1n) is 11.5. The third-order valence-corrected chi connectivity index (χ3v) is 4.33. The largest absolute Gasteiger partial charge is 0.465 e. The van der Waals surface area contributed by atoms with E-state index in [2.05, 4.69) is 0 Å². The highest BCUT2D eigenvalue weighted by Crippen LogP contribution is 2.22. The van der Waals surface area contributed by atoms with Crippen molar-refractivity contribution in [3.63, 3.8) is 0 Å². The van der Waals surface area contributed by atoms with Crippen molar-refractivity contribution in [1.29, 1.82) is 0 Å². The van der Waals surface area contributed by atoms with Gasteiger partial charge in [0.25, 0.3) is 0 Å². The van der Waals surface area contributed by atoms with Gasteiger partial charge in [-0.25, -0.2) is 0 Å². The summed E-state index contributed by atoms with van der Waals surface area (Å²) in [6.07, 6.45) is 3.64. The molecule has 0 bridgehead atoms. The lowest BCUT2D eigenvalue weighted by Crippen LogP contribution is -2.43. The molecule has 0 aromatic rings. The van der Waals surface area contributed by atoms with Gasteiger partial charge in [-0.15, -0.1) is 0 Å². The Labute approximate surface area is 191 Å². The van der Waals surface area contributed by atoms with E-state index in [-0.39, 0.29) is 64.9 Å². The van der Waals surface area contributed by atoms with Crippen LogP contribution in [0.4, 0.5) is 0 Å². The van der Waals surface area contributed by atoms with Gasteiger partial charge in [-0.3, -0.25) is 19.2 Å². The maximum Gasteiger partial charge on any atom is 0.305 e. The third-order valence-electron chi connectivity index (χ3n) is 4.33. The topological polar surface area (TPSA) is 114 Å². The van der Waals surface area contributed by atoms with Crippen molar-refractivity contribution < 1.29 is 42.9 Å². The van der Waals surface area contributed by atoms with Crippen molar-refractivity contribution in [2.24, 2.45) is 5.41 Å². The molecule has 0 unspecified atom stereocenters. The Balaban J connectivity index is 5.19. The molecule has 0 radical (unpaired) electrons. The molecular formula is C23H40O9. The van der Waals surface area contributed by atoms with Crippen molar-refractivity contribution in [2.45, 2.75) is 79.1 Å². The van der Waals surface area contributed by atoms with Crippen LogP contribution in [0.3, 0.4) is 0 Å². The Hall–Kier alpha value is -2.16. The van der Waals surface area contributed by atoms with Crippen LogP contribution in [0.5, 0.6) is 0 Å². The van der Waals surface area contributed by atoms with Crippen molar-refractivity contribution in [1.82, 2.24) is 0 Å². The second-order valence-corrected chi connectivity index (χ2v) is 7.76. The number of carbonyl (C=O) groups excluding carboxylic acids is 4. The molecule has 0 aromatic heterocycles. The zero-order valence-electron chi connectivity index (χ0n) is 20.1. The molecule has 0 aliphatic rings. The van der Waals surface area contributed by atoms with Gasteiger partial charge in [-0.2, -0.15) is 0 Å². The molecule has 0 saturated heterocycles. The van der Waals surface area contributed by atoms with Gasteiger partial charge < -0.3 is 23.7 Å². The first-order chi connectivity index (χ1) is 15.3. The first-order valence-corrected chi connectivity index (χ1v) is 11.5. The van der Waals surface area contributed by atoms with Gasteiger partial charge in [0.15, 0.2) is 0 Å². The first kappa shape index (κ1) is 29.8. The van der Waals surface area contributed by atoms with Crippen molar-refractivity contribution in [2.75, 3.05) is 39.6 Å². The van der Waals surface area contributed by atoms with E-state index < -0.39 is 23.3 Å². The molecule has 0 amide bonds. The second-order valence-electron chi connectivity index (χ2n) is 7.76. The molecule has 0 aliphatic carbocycles. The fraction of sp³-hybridized carbons (Fsp3) is 0.826. The quantitative estimate of drug-likeness (QED) is 0.163. The molecule has 186 valence electrons. The van der Waals surface area contributed by atoms with Crippen molar-refractivity contribution in [3.8, 4) is 0 Å². The number of carbonyl (C=O) groups is 4. The summed E-state index contributed by atoms with van der Waals surface area (Å²) in [6, 6.07) is 0. The predicted molar refractivity (Wildman–Crippen MR) is 117 cm³/mol. The number of hydrogen-bond donors (Lipinski definition) is 0. The minimum absolute atomic E-state index is 0.0173. The predicted octanol–water partition coefficient (Wildman–Crippen LogP) is 3.36. The van der Waals surface area contributed by atoms with Gasteiger partial charge in [-0.05, 0) is 25.7 Å². The highest BCUT2D eigenvalue weighted by molar-refractivity contribution is 5.70. The summed E-state index contributed by atoms with van der Waals surface area (Å²) in [5, 5.41) is 0. The van der Waals surface area contributed by atoms with Crippen LogP contribution in [-0.2, 0) is 42.9 Å². The van der Waals surface area contributed by atoms with Gasteiger partial charge in [0.05, 0.1) is 18.6 Å². The molecule has 9 nitrogen and oxygen atoms in total. The maximum absolute atomic E-state index is 11.9. The SMILES string of the molecule is CCCC(=O)OCCOCC(COC(=O)CCC)(COC(=O)CCC)COC(=O)CCC. The summed E-state index contributed by atoms with van der Waals surface area (Å²) < 4.78 is 26.8. The molecule has 0 N–H and O–H groups in total. The van der Waals surface area contributed by atoms with Crippen LogP contribution in [-0.4, -0.2) is 63.5 Å². The maximum atomic E-state index is 11.9. The van der Waals surface area contributed by atoms with Crippen LogP contribution in [0.2, 0.25) is 0 Å². The van der Waals surface area contributed by atoms with Gasteiger partial charge in [0, 0.05) is 25.7 Å². The van der Waals surface area contributed by atoms with Crippen LogP contribution < -0.4 is 0 Å². The summed E-state index contributed by atoms with van der Waals surface area (Å²) in [7, 11) is 0. The van der Waals surface area contributed by atoms with E-state index in [1.165, 1.54) is 0 Å². The standard InChI is InChI=1S/C23H40O9/c1-5-9-19(24)29-14-13-28-15-23(16-30-20(25)10-6-2,17-31-21(26)11-7-3)18-32-22(27)12-8-4/h5-18H2,1-4H3. The van der Waals surface area contributed by atoms with Gasteiger partial charge in [-0.1, -0.05) is 27.7 Å². The van der Waals surface area contributed by atoms with Crippen LogP contribution in [0.1, 0.15) is 79.1 Å². The van der Waals surface area contributed by atoms with E-state index in [1.54, 1.807) is 0 Å². The number of rotatable bonds is 19. The smallest absolute Gasteiger partial charge is 0.305 e. The minimum atomic E-state index is -1.07. The summed E-state index contributed by atoms with van der Waals surface area (Å²) in [5.41, 5.74) is -1.07. The lowest BCUT2D eigenvalue weighted by Gasteiger charge is -2.32. The van der Waals surface area contributed by atoms with Crippen LogP contribution in [0.25, 0.3) is 0 Å². The lowest BCUT2D eigenvalue weighted by atomic mass is 9.92. The zero-order valence-corrected chi connectivity index (χ0v) is 20.1. The molecule has 0 fully saturated rings. The second kappa shape index (κ2) is 18.4. The Morgan fingerprint density at radius 3 is 1.19 bits per heavy atom. The monoisotopic (exact) mass is 460 g/mol. The zero-order chi connectivity index (χ0) is 24.2. The fourth-order valence-corrected chi connectivity index (χ4v) is 2.56. The van der Waals surface area contributed by atoms with Crippen LogP contribution >= 0.6 is 0 Å². The molecule has 0 atom stereocenters. The molecular weight excluding hydrogens is 420 g/mol. The van der Waals surface area contributed by atoms with E-state index in [0.717, 1.165) is 0 Å². The summed E-state index contributed by atoms with van der Waals surface area (Å²) >= 11 is 0. The Bertz CT molecular complexity index is 505. The highest BCUT2D eigenvalue weighted by atomic mass is 16.6. The molecule has 9 heteroatoms. The van der Waals surface area contributed by atoms with Crippen molar-refractivity contribution >= 4 is 23.9 Å². The number of ether oxygens (including phenoxy) is 5. The normalized spacial score (nSPS) is 11.0. The molecule has 0 heterocycles. The van der Waals surface area contributed by atoms with E-state index >= 15 is 0 Å².